The second-order valence-electron chi connectivity index (χ2n) is 8.68. The number of ether oxygens (including phenoxy) is 1. The lowest BCUT2D eigenvalue weighted by Crippen LogP contribution is -2.47. The number of hydrogen-bond acceptors (Lipinski definition) is 5. The van der Waals surface area contributed by atoms with Gasteiger partial charge in [0.25, 0.3) is 17.7 Å². The number of anilines is 1. The van der Waals surface area contributed by atoms with E-state index in [0.717, 1.165) is 10.6 Å². The van der Waals surface area contributed by atoms with Gasteiger partial charge in [-0.3, -0.25) is 24.6 Å². The monoisotopic (exact) mass is 503 g/mol. The number of nitrogens with one attached hydrogen (secondary N) is 1. The first-order chi connectivity index (χ1) is 17.3. The molecule has 36 heavy (non-hydrogen) atoms. The van der Waals surface area contributed by atoms with Crippen molar-refractivity contribution >= 4 is 40.9 Å². The zero-order valence-corrected chi connectivity index (χ0v) is 20.3. The first-order valence-electron chi connectivity index (χ1n) is 11.3. The highest BCUT2D eigenvalue weighted by Gasteiger charge is 2.42. The Kier molecular flexibility index (Phi) is 5.97. The van der Waals surface area contributed by atoms with E-state index in [9.17, 15) is 19.2 Å². The van der Waals surface area contributed by atoms with Crippen LogP contribution in [0.2, 0.25) is 5.02 Å². The molecule has 3 aromatic carbocycles. The summed E-state index contributed by atoms with van der Waals surface area (Å²) in [6.07, 6.45) is -0.0564. The van der Waals surface area contributed by atoms with Crippen molar-refractivity contribution < 1.29 is 23.9 Å². The number of carbonyl (C=O) groups is 4. The van der Waals surface area contributed by atoms with Crippen LogP contribution in [0.15, 0.2) is 66.7 Å². The Morgan fingerprint density at radius 3 is 2.22 bits per heavy atom. The van der Waals surface area contributed by atoms with E-state index in [2.05, 4.69) is 5.43 Å². The number of fused-ring (bicyclic) bond motifs is 2. The molecule has 0 bridgehead atoms. The minimum absolute atomic E-state index is 0.0564. The van der Waals surface area contributed by atoms with Gasteiger partial charge in [-0.15, -0.1) is 0 Å². The number of amides is 4. The van der Waals surface area contributed by atoms with Crippen molar-refractivity contribution in [2.24, 2.45) is 0 Å². The summed E-state index contributed by atoms with van der Waals surface area (Å²) in [5, 5.41) is 1.27. The molecule has 0 fully saturated rings. The molecule has 4 amide bonds. The maximum atomic E-state index is 13.5. The summed E-state index contributed by atoms with van der Waals surface area (Å²) < 4.78 is 5.38. The van der Waals surface area contributed by atoms with Crippen LogP contribution in [0.5, 0.6) is 5.75 Å². The van der Waals surface area contributed by atoms with Gasteiger partial charge in [-0.1, -0.05) is 23.7 Å². The standard InChI is InChI=1S/C27H22ClN3O5/c1-15-21(14-24(32)29-31-26(34)19-5-3-4-6-20(19)27(31)35)22-13-18(36-2)11-12-23(22)30(15)25(33)16-7-9-17(28)10-8-16/h3-13,15,21H,14H2,1-2H3,(H,29,32). The van der Waals surface area contributed by atoms with E-state index >= 15 is 0 Å². The van der Waals surface area contributed by atoms with Crippen LogP contribution in [-0.2, 0) is 4.79 Å². The molecule has 3 aromatic rings. The van der Waals surface area contributed by atoms with E-state index in [4.69, 9.17) is 16.3 Å². The number of hydrogen-bond donors (Lipinski definition) is 1. The third-order valence-electron chi connectivity index (χ3n) is 6.63. The summed E-state index contributed by atoms with van der Waals surface area (Å²) >= 11 is 5.98. The average molecular weight is 504 g/mol. The average Bonchev–Trinajstić information content (AvgIpc) is 3.29. The molecule has 2 aliphatic heterocycles. The van der Waals surface area contributed by atoms with Crippen LogP contribution in [0.4, 0.5) is 5.69 Å². The Hall–Kier alpha value is -4.17. The maximum Gasteiger partial charge on any atom is 0.280 e. The lowest BCUT2D eigenvalue weighted by atomic mass is 9.92. The van der Waals surface area contributed by atoms with Gasteiger partial charge in [0, 0.05) is 34.7 Å². The van der Waals surface area contributed by atoms with Gasteiger partial charge in [0.2, 0.25) is 5.91 Å². The van der Waals surface area contributed by atoms with Gasteiger partial charge < -0.3 is 9.64 Å². The van der Waals surface area contributed by atoms with Crippen molar-refractivity contribution in [2.45, 2.75) is 25.3 Å². The maximum absolute atomic E-state index is 13.5. The zero-order valence-electron chi connectivity index (χ0n) is 19.5. The molecule has 2 unspecified atom stereocenters. The Balaban J connectivity index is 1.41. The fourth-order valence-electron chi connectivity index (χ4n) is 4.80. The van der Waals surface area contributed by atoms with Crippen LogP contribution in [0, 0.1) is 0 Å². The van der Waals surface area contributed by atoms with Gasteiger partial charge in [-0.25, -0.2) is 0 Å². The molecule has 1 N–H and O–H groups in total. The van der Waals surface area contributed by atoms with Crippen molar-refractivity contribution in [1.82, 2.24) is 10.4 Å². The Bertz CT molecular complexity index is 1370. The molecule has 0 radical (unpaired) electrons. The molecular weight excluding hydrogens is 482 g/mol. The third kappa shape index (κ3) is 3.89. The first kappa shape index (κ1) is 23.6. The largest absolute Gasteiger partial charge is 0.497 e. The van der Waals surface area contributed by atoms with E-state index < -0.39 is 23.6 Å². The van der Waals surface area contributed by atoms with Crippen molar-refractivity contribution in [3.8, 4) is 5.75 Å². The summed E-state index contributed by atoms with van der Waals surface area (Å²) in [5.41, 5.74) is 4.84. The summed E-state index contributed by atoms with van der Waals surface area (Å²) in [7, 11) is 1.54. The third-order valence-corrected chi connectivity index (χ3v) is 6.88. The lowest BCUT2D eigenvalue weighted by molar-refractivity contribution is -0.124. The predicted octanol–water partition coefficient (Wildman–Crippen LogP) is 4.20. The Morgan fingerprint density at radius 2 is 1.61 bits per heavy atom. The van der Waals surface area contributed by atoms with Crippen LogP contribution >= 0.6 is 11.6 Å². The van der Waals surface area contributed by atoms with Crippen molar-refractivity contribution in [2.75, 3.05) is 12.0 Å². The summed E-state index contributed by atoms with van der Waals surface area (Å²) in [6, 6.07) is 18.0. The van der Waals surface area contributed by atoms with Crippen LogP contribution in [0.25, 0.3) is 0 Å². The van der Waals surface area contributed by atoms with E-state index in [1.54, 1.807) is 78.7 Å². The quantitative estimate of drug-likeness (QED) is 0.526. The molecule has 2 heterocycles. The molecule has 0 aliphatic carbocycles. The summed E-state index contributed by atoms with van der Waals surface area (Å²) in [5.74, 6) is -1.71. The molecule has 5 rings (SSSR count). The normalized spacial score (nSPS) is 18.2. The summed E-state index contributed by atoms with van der Waals surface area (Å²) in [6.45, 7) is 1.86. The molecule has 2 atom stereocenters. The van der Waals surface area contributed by atoms with Gasteiger partial charge in [0.05, 0.1) is 18.2 Å². The number of methoxy groups -OCH3 is 1. The minimum Gasteiger partial charge on any atom is -0.497 e. The second-order valence-corrected chi connectivity index (χ2v) is 9.12. The highest BCUT2D eigenvalue weighted by Crippen LogP contribution is 2.45. The fraction of sp³-hybridized carbons (Fsp3) is 0.185. The Labute approximate surface area is 212 Å². The molecule has 0 saturated carbocycles. The highest BCUT2D eigenvalue weighted by atomic mass is 35.5. The number of rotatable bonds is 5. The number of carbonyl (C=O) groups excluding carboxylic acids is 4. The topological polar surface area (TPSA) is 96.0 Å². The van der Waals surface area contributed by atoms with Crippen LogP contribution in [-0.4, -0.2) is 41.8 Å². The van der Waals surface area contributed by atoms with Crippen LogP contribution in [0.3, 0.4) is 0 Å². The second kappa shape index (κ2) is 9.13. The molecule has 182 valence electrons. The minimum atomic E-state index is -0.579. The molecule has 0 spiro atoms. The SMILES string of the molecule is COc1ccc2c(c1)C(CC(=O)NN1C(=O)c3ccccc3C1=O)C(C)N2C(=O)c1ccc(Cl)cc1. The summed E-state index contributed by atoms with van der Waals surface area (Å²) in [4.78, 5) is 53.5. The van der Waals surface area contributed by atoms with Crippen molar-refractivity contribution in [3.63, 3.8) is 0 Å². The zero-order chi connectivity index (χ0) is 25.6. The van der Waals surface area contributed by atoms with Gasteiger partial charge >= 0.3 is 0 Å². The van der Waals surface area contributed by atoms with Crippen LogP contribution in [0.1, 0.15) is 55.9 Å². The van der Waals surface area contributed by atoms with E-state index in [1.807, 2.05) is 6.92 Å². The van der Waals surface area contributed by atoms with Crippen molar-refractivity contribution in [3.05, 3.63) is 94.0 Å². The molecular formula is C27H22ClN3O5. The number of halogens is 1. The van der Waals surface area contributed by atoms with E-state index in [0.29, 0.717) is 22.0 Å². The molecule has 0 aromatic heterocycles. The van der Waals surface area contributed by atoms with Crippen LogP contribution < -0.4 is 15.1 Å². The van der Waals surface area contributed by atoms with Crippen molar-refractivity contribution in [1.29, 1.82) is 0 Å². The number of benzene rings is 3. The highest BCUT2D eigenvalue weighted by molar-refractivity contribution is 6.30. The smallest absolute Gasteiger partial charge is 0.280 e. The van der Waals surface area contributed by atoms with Gasteiger partial charge in [-0.05, 0) is 67.1 Å². The van der Waals surface area contributed by atoms with E-state index in [1.165, 1.54) is 0 Å². The lowest BCUT2D eigenvalue weighted by Gasteiger charge is -2.26. The molecule has 9 heteroatoms. The molecule has 8 nitrogen and oxygen atoms in total. The van der Waals surface area contributed by atoms with E-state index in [-0.39, 0.29) is 29.5 Å². The fourth-order valence-corrected chi connectivity index (χ4v) is 4.93. The van der Waals surface area contributed by atoms with Gasteiger partial charge in [0.15, 0.2) is 0 Å². The van der Waals surface area contributed by atoms with Gasteiger partial charge in [-0.2, -0.15) is 5.01 Å². The number of hydrazine groups is 1. The van der Waals surface area contributed by atoms with Gasteiger partial charge in [0.1, 0.15) is 5.75 Å². The predicted molar refractivity (Wildman–Crippen MR) is 133 cm³/mol. The number of nitrogens with zero attached hydrogens (tertiary/aromatic N) is 2. The molecule has 2 aliphatic rings. The first-order valence-corrected chi connectivity index (χ1v) is 11.7. The Morgan fingerprint density at radius 1 is 0.972 bits per heavy atom. The number of imide groups is 1. The molecule has 0 saturated heterocycles.